The van der Waals surface area contributed by atoms with Gasteiger partial charge in [-0.3, -0.25) is 9.69 Å². The lowest BCUT2D eigenvalue weighted by molar-refractivity contribution is 0.322. The summed E-state index contributed by atoms with van der Waals surface area (Å²) in [5, 5.41) is 0. The van der Waals surface area contributed by atoms with Gasteiger partial charge in [0.1, 0.15) is 5.75 Å². The maximum absolute atomic E-state index is 11.9. The van der Waals surface area contributed by atoms with Crippen molar-refractivity contribution in [3.8, 4) is 17.0 Å². The number of methoxy groups -OCH3 is 1. The summed E-state index contributed by atoms with van der Waals surface area (Å²) in [5.41, 5.74) is 3.02. The number of H-pyrrole nitrogens is 1. The molecule has 1 heterocycles. The van der Waals surface area contributed by atoms with Gasteiger partial charge in [0.15, 0.2) is 0 Å². The Labute approximate surface area is 145 Å². The number of benzene rings is 2. The summed E-state index contributed by atoms with van der Waals surface area (Å²) >= 11 is 1.26. The molecule has 5 heteroatoms. The second-order valence-corrected chi connectivity index (χ2v) is 6.74. The number of hydrogen-bond acceptors (Lipinski definition) is 4. The first-order chi connectivity index (χ1) is 11.7. The standard InChI is InChI=1S/C19H20N2O2S/c1-21(12-14-8-4-3-5-9-14)13-17-18(20-19(22)24-17)15-10-6-7-11-16(15)23-2/h3-11H,12-13H2,1-2H3,(H,20,22). The molecule has 0 aliphatic rings. The van der Waals surface area contributed by atoms with E-state index in [1.807, 2.05) is 42.5 Å². The molecule has 0 spiro atoms. The van der Waals surface area contributed by atoms with Crippen molar-refractivity contribution in [2.45, 2.75) is 13.1 Å². The Morgan fingerprint density at radius 2 is 1.75 bits per heavy atom. The first kappa shape index (κ1) is 16.5. The van der Waals surface area contributed by atoms with Gasteiger partial charge in [-0.1, -0.05) is 53.8 Å². The van der Waals surface area contributed by atoms with Crippen LogP contribution < -0.4 is 9.61 Å². The zero-order valence-corrected chi connectivity index (χ0v) is 14.6. The molecule has 0 unspecified atom stereocenters. The molecular weight excluding hydrogens is 320 g/mol. The predicted molar refractivity (Wildman–Crippen MR) is 98.5 cm³/mol. The van der Waals surface area contributed by atoms with Crippen LogP contribution in [0.2, 0.25) is 0 Å². The van der Waals surface area contributed by atoms with Crippen LogP contribution in [0.4, 0.5) is 0 Å². The van der Waals surface area contributed by atoms with Crippen LogP contribution in [0.5, 0.6) is 5.75 Å². The third-order valence-electron chi connectivity index (χ3n) is 3.81. The third kappa shape index (κ3) is 3.75. The van der Waals surface area contributed by atoms with Gasteiger partial charge < -0.3 is 9.72 Å². The van der Waals surface area contributed by atoms with Crippen LogP contribution in [0.15, 0.2) is 59.4 Å². The second kappa shape index (κ2) is 7.47. The van der Waals surface area contributed by atoms with Gasteiger partial charge in [0.05, 0.1) is 12.8 Å². The number of ether oxygens (including phenoxy) is 1. The number of nitrogens with one attached hydrogen (secondary N) is 1. The predicted octanol–water partition coefficient (Wildman–Crippen LogP) is 3.74. The fourth-order valence-corrected chi connectivity index (χ4v) is 3.66. The lowest BCUT2D eigenvalue weighted by Crippen LogP contribution is -2.17. The molecule has 1 aromatic heterocycles. The third-order valence-corrected chi connectivity index (χ3v) is 4.67. The quantitative estimate of drug-likeness (QED) is 0.743. The van der Waals surface area contributed by atoms with Crippen molar-refractivity contribution in [1.82, 2.24) is 9.88 Å². The summed E-state index contributed by atoms with van der Waals surface area (Å²) in [5.74, 6) is 0.763. The fourth-order valence-electron chi connectivity index (χ4n) is 2.74. The molecule has 0 saturated carbocycles. The van der Waals surface area contributed by atoms with E-state index < -0.39 is 0 Å². The molecule has 0 bridgehead atoms. The van der Waals surface area contributed by atoms with Crippen molar-refractivity contribution in [2.75, 3.05) is 14.2 Å². The highest BCUT2D eigenvalue weighted by atomic mass is 32.1. The van der Waals surface area contributed by atoms with Crippen LogP contribution in [0.1, 0.15) is 10.4 Å². The van der Waals surface area contributed by atoms with Crippen molar-refractivity contribution >= 4 is 11.3 Å². The van der Waals surface area contributed by atoms with Crippen LogP contribution in [0.25, 0.3) is 11.3 Å². The molecule has 0 fully saturated rings. The van der Waals surface area contributed by atoms with Crippen molar-refractivity contribution < 1.29 is 4.74 Å². The normalized spacial score (nSPS) is 11.0. The van der Waals surface area contributed by atoms with Crippen molar-refractivity contribution in [3.63, 3.8) is 0 Å². The minimum Gasteiger partial charge on any atom is -0.496 e. The highest BCUT2D eigenvalue weighted by Crippen LogP contribution is 2.32. The summed E-state index contributed by atoms with van der Waals surface area (Å²) in [6, 6.07) is 18.1. The summed E-state index contributed by atoms with van der Waals surface area (Å²) in [7, 11) is 3.70. The van der Waals surface area contributed by atoms with Crippen molar-refractivity contribution in [3.05, 3.63) is 74.7 Å². The van der Waals surface area contributed by atoms with Crippen LogP contribution >= 0.6 is 11.3 Å². The molecule has 1 N–H and O–H groups in total. The van der Waals surface area contributed by atoms with Gasteiger partial charge in [-0.25, -0.2) is 0 Å². The van der Waals surface area contributed by atoms with Gasteiger partial charge in [-0.15, -0.1) is 0 Å². The smallest absolute Gasteiger partial charge is 0.305 e. The molecule has 2 aromatic carbocycles. The van der Waals surface area contributed by atoms with E-state index in [4.69, 9.17) is 4.74 Å². The van der Waals surface area contributed by atoms with Crippen LogP contribution in [0.3, 0.4) is 0 Å². The van der Waals surface area contributed by atoms with Gasteiger partial charge in [0, 0.05) is 23.5 Å². The molecule has 0 aliphatic heterocycles. The number of aromatic amines is 1. The Morgan fingerprint density at radius 3 is 2.50 bits per heavy atom. The van der Waals surface area contributed by atoms with Crippen LogP contribution in [-0.4, -0.2) is 24.0 Å². The molecule has 0 aliphatic carbocycles. The van der Waals surface area contributed by atoms with E-state index in [1.54, 1.807) is 7.11 Å². The molecular formula is C19H20N2O2S. The van der Waals surface area contributed by atoms with E-state index in [1.165, 1.54) is 16.9 Å². The van der Waals surface area contributed by atoms with Crippen LogP contribution in [-0.2, 0) is 13.1 Å². The summed E-state index contributed by atoms with van der Waals surface area (Å²) < 4.78 is 5.43. The monoisotopic (exact) mass is 340 g/mol. The van der Waals surface area contributed by atoms with E-state index in [0.29, 0.717) is 6.54 Å². The van der Waals surface area contributed by atoms with Gasteiger partial charge in [-0.2, -0.15) is 0 Å². The number of aromatic nitrogens is 1. The lowest BCUT2D eigenvalue weighted by atomic mass is 10.1. The SMILES string of the molecule is COc1ccccc1-c1[nH]c(=O)sc1CN(C)Cc1ccccc1. The Morgan fingerprint density at radius 1 is 1.04 bits per heavy atom. The Bertz CT molecular complexity index is 855. The second-order valence-electron chi connectivity index (χ2n) is 5.67. The van der Waals surface area contributed by atoms with Crippen LogP contribution in [0, 0.1) is 0 Å². The number of rotatable bonds is 6. The fraction of sp³-hybridized carbons (Fsp3) is 0.211. The van der Waals surface area contributed by atoms with Gasteiger partial charge >= 0.3 is 4.87 Å². The Balaban J connectivity index is 1.85. The minimum atomic E-state index is -0.0426. The number of thiazole rings is 1. The number of para-hydroxylation sites is 1. The maximum atomic E-state index is 11.9. The average Bonchev–Trinajstić information content (AvgIpc) is 2.95. The molecule has 0 atom stereocenters. The number of nitrogens with zero attached hydrogens (tertiary/aromatic N) is 1. The zero-order valence-electron chi connectivity index (χ0n) is 13.8. The molecule has 0 amide bonds. The molecule has 0 radical (unpaired) electrons. The molecule has 124 valence electrons. The van der Waals surface area contributed by atoms with Crippen molar-refractivity contribution in [2.24, 2.45) is 0 Å². The van der Waals surface area contributed by atoms with E-state index in [-0.39, 0.29) is 4.87 Å². The average molecular weight is 340 g/mol. The van der Waals surface area contributed by atoms with Gasteiger partial charge in [0.25, 0.3) is 0 Å². The lowest BCUT2D eigenvalue weighted by Gasteiger charge is -2.17. The molecule has 4 nitrogen and oxygen atoms in total. The largest absolute Gasteiger partial charge is 0.496 e. The topological polar surface area (TPSA) is 45.3 Å². The summed E-state index contributed by atoms with van der Waals surface area (Å²) in [6.07, 6.45) is 0. The van der Waals surface area contributed by atoms with Gasteiger partial charge in [-0.05, 0) is 24.7 Å². The summed E-state index contributed by atoms with van der Waals surface area (Å²) in [4.78, 5) is 18.1. The molecule has 3 aromatic rings. The molecule has 0 saturated heterocycles. The zero-order chi connectivity index (χ0) is 16.9. The first-order valence-corrected chi connectivity index (χ1v) is 8.57. The van der Waals surface area contributed by atoms with E-state index in [9.17, 15) is 4.79 Å². The van der Waals surface area contributed by atoms with E-state index >= 15 is 0 Å². The Kier molecular flexibility index (Phi) is 5.13. The minimum absolute atomic E-state index is 0.0426. The highest BCUT2D eigenvalue weighted by molar-refractivity contribution is 7.09. The first-order valence-electron chi connectivity index (χ1n) is 7.75. The van der Waals surface area contributed by atoms with E-state index in [0.717, 1.165) is 28.4 Å². The maximum Gasteiger partial charge on any atom is 0.305 e. The van der Waals surface area contributed by atoms with Gasteiger partial charge in [0.2, 0.25) is 0 Å². The highest BCUT2D eigenvalue weighted by Gasteiger charge is 2.15. The van der Waals surface area contributed by atoms with E-state index in [2.05, 4.69) is 29.1 Å². The number of hydrogen-bond donors (Lipinski definition) is 1. The Hall–Kier alpha value is -2.37. The molecule has 24 heavy (non-hydrogen) atoms. The molecule has 3 rings (SSSR count). The summed E-state index contributed by atoms with van der Waals surface area (Å²) in [6.45, 7) is 1.53. The van der Waals surface area contributed by atoms with Crippen molar-refractivity contribution in [1.29, 1.82) is 0 Å².